The lowest BCUT2D eigenvalue weighted by Gasteiger charge is -2.09. The fourth-order valence-electron chi connectivity index (χ4n) is 3.68. The molecule has 2 saturated carbocycles. The van der Waals surface area contributed by atoms with Gasteiger partial charge in [-0.3, -0.25) is 4.79 Å². The Morgan fingerprint density at radius 1 is 1.00 bits per heavy atom. The van der Waals surface area contributed by atoms with Gasteiger partial charge in [-0.05, 0) is 56.0 Å². The van der Waals surface area contributed by atoms with Crippen LogP contribution >= 0.6 is 0 Å². The fraction of sp³-hybridized carbons (Fsp3) is 0.273. The number of nitrogens with one attached hydrogen (secondary N) is 1. The molecule has 29 heavy (non-hydrogen) atoms. The zero-order valence-corrected chi connectivity index (χ0v) is 15.6. The fourth-order valence-corrected chi connectivity index (χ4v) is 3.68. The zero-order valence-electron chi connectivity index (χ0n) is 15.6. The molecule has 2 fully saturated rings. The van der Waals surface area contributed by atoms with E-state index in [2.05, 4.69) is 20.6 Å². The van der Waals surface area contributed by atoms with Crippen molar-refractivity contribution in [3.05, 3.63) is 59.5 Å². The summed E-state index contributed by atoms with van der Waals surface area (Å²) in [6, 6.07) is 11.2. The maximum atomic E-state index is 13.2. The maximum absolute atomic E-state index is 13.2. The van der Waals surface area contributed by atoms with Gasteiger partial charge in [0.25, 0.3) is 11.6 Å². The molecular formula is C22H18N4O3. The molecule has 1 N–H and O–H groups in total. The van der Waals surface area contributed by atoms with Crippen molar-refractivity contribution in [2.75, 3.05) is 5.32 Å². The number of nitrogens with zero attached hydrogens (tertiary/aromatic N) is 3. The number of carbonyl (C=O) groups excluding carboxylic acids is 1. The van der Waals surface area contributed by atoms with Crippen molar-refractivity contribution in [2.24, 2.45) is 0 Å². The molecule has 1 aromatic carbocycles. The molecule has 1 amide bonds. The van der Waals surface area contributed by atoms with E-state index in [1.54, 1.807) is 12.3 Å². The first-order valence-electron chi connectivity index (χ1n) is 9.89. The van der Waals surface area contributed by atoms with Crippen LogP contribution in [0.15, 0.2) is 51.6 Å². The number of amides is 1. The third-order valence-electron chi connectivity index (χ3n) is 5.56. The quantitative estimate of drug-likeness (QED) is 0.525. The summed E-state index contributed by atoms with van der Waals surface area (Å²) in [6.45, 7) is 0. The normalized spacial score (nSPS) is 16.3. The molecule has 0 unspecified atom stereocenters. The van der Waals surface area contributed by atoms with Gasteiger partial charge in [0.15, 0.2) is 5.76 Å². The number of anilines is 1. The van der Waals surface area contributed by atoms with Crippen molar-refractivity contribution >= 4 is 22.7 Å². The summed E-state index contributed by atoms with van der Waals surface area (Å²) < 4.78 is 10.7. The summed E-state index contributed by atoms with van der Waals surface area (Å²) in [5.74, 6) is 1.31. The molecule has 3 heterocycles. The summed E-state index contributed by atoms with van der Waals surface area (Å²) >= 11 is 0. The van der Waals surface area contributed by atoms with Gasteiger partial charge in [0.05, 0.1) is 22.8 Å². The predicted octanol–water partition coefficient (Wildman–Crippen LogP) is 4.88. The van der Waals surface area contributed by atoms with Gasteiger partial charge in [0, 0.05) is 34.8 Å². The highest BCUT2D eigenvalue weighted by atomic mass is 16.5. The molecule has 4 aromatic rings. The summed E-state index contributed by atoms with van der Waals surface area (Å²) in [5.41, 5.74) is 4.46. The van der Waals surface area contributed by atoms with Crippen molar-refractivity contribution in [3.8, 4) is 11.3 Å². The van der Waals surface area contributed by atoms with Gasteiger partial charge >= 0.3 is 0 Å². The molecule has 7 nitrogen and oxygen atoms in total. The van der Waals surface area contributed by atoms with E-state index in [9.17, 15) is 4.79 Å². The summed E-state index contributed by atoms with van der Waals surface area (Å²) in [5, 5.41) is 11.7. The van der Waals surface area contributed by atoms with Crippen molar-refractivity contribution in [1.29, 1.82) is 0 Å². The molecule has 0 atom stereocenters. The van der Waals surface area contributed by atoms with E-state index in [4.69, 9.17) is 9.05 Å². The second kappa shape index (κ2) is 6.27. The molecule has 0 radical (unpaired) electrons. The third-order valence-corrected chi connectivity index (χ3v) is 5.56. The minimum absolute atomic E-state index is 0.170. The SMILES string of the molecule is O=C(Nc1ccc(-c2ccno2)cc1)c1cc(C2CC2)nc2onc(C3CC3)c12. The Hall–Kier alpha value is -3.48. The van der Waals surface area contributed by atoms with E-state index in [1.807, 2.05) is 30.3 Å². The monoisotopic (exact) mass is 386 g/mol. The van der Waals surface area contributed by atoms with Crippen LogP contribution < -0.4 is 5.32 Å². The average Bonchev–Trinajstić information content (AvgIpc) is 3.67. The van der Waals surface area contributed by atoms with Crippen molar-refractivity contribution in [2.45, 2.75) is 37.5 Å². The van der Waals surface area contributed by atoms with Gasteiger partial charge in [0.2, 0.25) is 0 Å². The van der Waals surface area contributed by atoms with Crippen LogP contribution in [0.2, 0.25) is 0 Å². The Kier molecular flexibility index (Phi) is 3.56. The van der Waals surface area contributed by atoms with Gasteiger partial charge in [-0.25, -0.2) is 4.98 Å². The number of hydrogen-bond acceptors (Lipinski definition) is 6. The van der Waals surface area contributed by atoms with Crippen LogP contribution in [-0.2, 0) is 0 Å². The minimum atomic E-state index is -0.170. The van der Waals surface area contributed by atoms with Gasteiger partial charge in [0.1, 0.15) is 0 Å². The molecular weight excluding hydrogens is 368 g/mol. The maximum Gasteiger partial charge on any atom is 0.259 e. The Bertz CT molecular complexity index is 1200. The van der Waals surface area contributed by atoms with Crippen molar-refractivity contribution in [1.82, 2.24) is 15.3 Å². The molecule has 7 heteroatoms. The van der Waals surface area contributed by atoms with E-state index in [0.717, 1.165) is 48.0 Å². The van der Waals surface area contributed by atoms with Crippen LogP contribution in [0.25, 0.3) is 22.4 Å². The van der Waals surface area contributed by atoms with Gasteiger partial charge < -0.3 is 14.4 Å². The summed E-state index contributed by atoms with van der Waals surface area (Å²) in [6.07, 6.45) is 5.97. The smallest absolute Gasteiger partial charge is 0.259 e. The van der Waals surface area contributed by atoms with E-state index >= 15 is 0 Å². The van der Waals surface area contributed by atoms with Crippen molar-refractivity contribution in [3.63, 3.8) is 0 Å². The van der Waals surface area contributed by atoms with Crippen LogP contribution in [-0.4, -0.2) is 21.2 Å². The van der Waals surface area contributed by atoms with Gasteiger partial charge in [-0.2, -0.15) is 0 Å². The Morgan fingerprint density at radius 2 is 1.79 bits per heavy atom. The number of fused-ring (bicyclic) bond motifs is 1. The first-order valence-corrected chi connectivity index (χ1v) is 9.89. The number of benzene rings is 1. The third kappa shape index (κ3) is 2.99. The summed E-state index contributed by atoms with van der Waals surface area (Å²) in [4.78, 5) is 17.8. The van der Waals surface area contributed by atoms with E-state index in [-0.39, 0.29) is 5.91 Å². The van der Waals surface area contributed by atoms with Crippen molar-refractivity contribution < 1.29 is 13.8 Å². The van der Waals surface area contributed by atoms with Gasteiger partial charge in [-0.1, -0.05) is 10.3 Å². The van der Waals surface area contributed by atoms with Crippen LogP contribution in [0.3, 0.4) is 0 Å². The molecule has 144 valence electrons. The average molecular weight is 386 g/mol. The Labute approximate surface area is 166 Å². The highest BCUT2D eigenvalue weighted by Gasteiger charge is 2.34. The van der Waals surface area contributed by atoms with Gasteiger partial charge in [-0.15, -0.1) is 0 Å². The Balaban J connectivity index is 1.35. The lowest BCUT2D eigenvalue weighted by Crippen LogP contribution is -2.13. The molecule has 0 bridgehead atoms. The number of hydrogen-bond donors (Lipinski definition) is 1. The number of carbonyl (C=O) groups is 1. The topological polar surface area (TPSA) is 94.1 Å². The predicted molar refractivity (Wildman–Crippen MR) is 106 cm³/mol. The molecule has 2 aliphatic rings. The second-order valence-corrected chi connectivity index (χ2v) is 7.80. The summed E-state index contributed by atoms with van der Waals surface area (Å²) in [7, 11) is 0. The molecule has 2 aliphatic carbocycles. The van der Waals surface area contributed by atoms with E-state index < -0.39 is 0 Å². The lowest BCUT2D eigenvalue weighted by atomic mass is 10.0. The highest BCUT2D eigenvalue weighted by Crippen LogP contribution is 2.45. The highest BCUT2D eigenvalue weighted by molar-refractivity contribution is 6.12. The molecule has 0 saturated heterocycles. The minimum Gasteiger partial charge on any atom is -0.356 e. The molecule has 0 spiro atoms. The van der Waals surface area contributed by atoms with Crippen LogP contribution in [0.5, 0.6) is 0 Å². The number of pyridine rings is 1. The van der Waals surface area contributed by atoms with E-state index in [0.29, 0.717) is 34.6 Å². The zero-order chi connectivity index (χ0) is 19.4. The first-order chi connectivity index (χ1) is 14.3. The molecule has 3 aromatic heterocycles. The first kappa shape index (κ1) is 16.5. The lowest BCUT2D eigenvalue weighted by molar-refractivity contribution is 0.102. The van der Waals surface area contributed by atoms with Crippen LogP contribution in [0.4, 0.5) is 5.69 Å². The van der Waals surface area contributed by atoms with Crippen LogP contribution in [0, 0.1) is 0 Å². The largest absolute Gasteiger partial charge is 0.356 e. The van der Waals surface area contributed by atoms with Crippen LogP contribution in [0.1, 0.15) is 59.3 Å². The second-order valence-electron chi connectivity index (χ2n) is 7.80. The van der Waals surface area contributed by atoms with E-state index in [1.165, 1.54) is 0 Å². The number of aromatic nitrogens is 3. The standard InChI is InChI=1S/C22H18N4O3/c27-21(24-15-7-5-13(6-8-15)18-9-10-23-28-18)16-11-17(12-1-2-12)25-22-19(16)20(26-29-22)14-3-4-14/h5-12,14H,1-4H2,(H,24,27). The Morgan fingerprint density at radius 3 is 2.48 bits per heavy atom. The number of rotatable bonds is 5. The molecule has 6 rings (SSSR count). The molecule has 0 aliphatic heterocycles.